The molecule has 2 aliphatic heterocycles. The number of carbonyl (C=O) groups is 2. The number of amides is 2. The van der Waals surface area contributed by atoms with Crippen LogP contribution in [-0.4, -0.2) is 53.8 Å². The van der Waals surface area contributed by atoms with Gasteiger partial charge in [-0.05, 0) is 62.3 Å². The van der Waals surface area contributed by atoms with Gasteiger partial charge in [0.1, 0.15) is 11.3 Å². The SMILES string of the molecule is C#C.Cc1cc2cc(N=C(N)NC#N)ccc2o1.O=C1CCCCCN1CC(=O)N1CC2CC2C1. The molecular weight excluding hydrogens is 444 g/mol. The van der Waals surface area contributed by atoms with E-state index in [0.717, 1.165) is 67.5 Å². The van der Waals surface area contributed by atoms with Crippen molar-refractivity contribution in [1.29, 1.82) is 5.26 Å². The predicted octanol–water partition coefficient (Wildman–Crippen LogP) is 2.87. The Morgan fingerprint density at radius 1 is 1.26 bits per heavy atom. The van der Waals surface area contributed by atoms with Gasteiger partial charge in [-0.15, -0.1) is 12.8 Å². The molecule has 2 amide bonds. The van der Waals surface area contributed by atoms with Crippen molar-refractivity contribution >= 4 is 34.4 Å². The number of aliphatic imine (C=N–C) groups is 1. The molecule has 1 aliphatic carbocycles. The second-order valence-electron chi connectivity index (χ2n) is 8.99. The minimum atomic E-state index is 0.0714. The van der Waals surface area contributed by atoms with Crippen LogP contribution in [0.2, 0.25) is 0 Å². The highest BCUT2D eigenvalue weighted by atomic mass is 16.3. The summed E-state index contributed by atoms with van der Waals surface area (Å²) in [5.74, 6) is 2.80. The van der Waals surface area contributed by atoms with E-state index in [-0.39, 0.29) is 17.8 Å². The van der Waals surface area contributed by atoms with Crippen molar-refractivity contribution in [2.24, 2.45) is 22.6 Å². The van der Waals surface area contributed by atoms with Crippen LogP contribution < -0.4 is 11.1 Å². The Kier molecular flexibility index (Phi) is 8.74. The van der Waals surface area contributed by atoms with Crippen LogP contribution in [-0.2, 0) is 9.59 Å². The normalized spacial score (nSPS) is 21.0. The van der Waals surface area contributed by atoms with Crippen LogP contribution in [0.5, 0.6) is 0 Å². The minimum absolute atomic E-state index is 0.0714. The van der Waals surface area contributed by atoms with Crippen LogP contribution in [0.25, 0.3) is 11.0 Å². The van der Waals surface area contributed by atoms with Crippen LogP contribution in [0.4, 0.5) is 5.69 Å². The number of hydrogen-bond acceptors (Lipinski definition) is 5. The summed E-state index contributed by atoms with van der Waals surface area (Å²) in [5, 5.41) is 11.6. The highest BCUT2D eigenvalue weighted by Crippen LogP contribution is 2.44. The zero-order valence-electron chi connectivity index (χ0n) is 20.1. The lowest BCUT2D eigenvalue weighted by Gasteiger charge is -2.24. The number of nitrogens with one attached hydrogen (secondary N) is 1. The minimum Gasteiger partial charge on any atom is -0.461 e. The van der Waals surface area contributed by atoms with Crippen LogP contribution in [0.15, 0.2) is 33.7 Å². The molecule has 3 aliphatic rings. The summed E-state index contributed by atoms with van der Waals surface area (Å²) in [4.78, 5) is 31.6. The number of nitrogens with zero attached hydrogens (tertiary/aromatic N) is 4. The number of hydrogen-bond donors (Lipinski definition) is 2. The fourth-order valence-corrected chi connectivity index (χ4v) is 4.53. The zero-order chi connectivity index (χ0) is 25.4. The summed E-state index contributed by atoms with van der Waals surface area (Å²) in [6.07, 6.45) is 14.8. The quantitative estimate of drug-likeness (QED) is 0.230. The Hall–Kier alpha value is -3.98. The number of fused-ring (bicyclic) bond motifs is 2. The molecule has 3 fully saturated rings. The van der Waals surface area contributed by atoms with Gasteiger partial charge in [-0.25, -0.2) is 4.99 Å². The van der Waals surface area contributed by atoms with Gasteiger partial charge >= 0.3 is 0 Å². The van der Waals surface area contributed by atoms with Crippen LogP contribution in [0.1, 0.15) is 37.9 Å². The number of guanidine groups is 1. The average Bonchev–Trinajstić information content (AvgIpc) is 3.35. The molecule has 0 radical (unpaired) electrons. The Labute approximate surface area is 205 Å². The lowest BCUT2D eigenvalue weighted by atomic mass is 10.2. The number of terminal acetylenes is 1. The van der Waals surface area contributed by atoms with Crippen LogP contribution in [0.3, 0.4) is 0 Å². The summed E-state index contributed by atoms with van der Waals surface area (Å²) in [7, 11) is 0. The van der Waals surface area contributed by atoms with Gasteiger partial charge in [-0.3, -0.25) is 14.9 Å². The zero-order valence-corrected chi connectivity index (χ0v) is 20.1. The largest absolute Gasteiger partial charge is 0.461 e. The predicted molar refractivity (Wildman–Crippen MR) is 134 cm³/mol. The number of rotatable bonds is 3. The molecule has 1 aromatic carbocycles. The fraction of sp³-hybridized carbons (Fsp3) is 0.462. The molecule has 5 rings (SSSR count). The number of nitrogens with two attached hydrogens (primary N) is 1. The molecule has 2 aromatic rings. The fourth-order valence-electron chi connectivity index (χ4n) is 4.53. The second-order valence-corrected chi connectivity index (χ2v) is 8.99. The van der Waals surface area contributed by atoms with E-state index in [1.165, 1.54) is 6.42 Å². The van der Waals surface area contributed by atoms with E-state index < -0.39 is 0 Å². The van der Waals surface area contributed by atoms with Crippen molar-refractivity contribution in [1.82, 2.24) is 15.1 Å². The first-order valence-corrected chi connectivity index (χ1v) is 11.8. The van der Waals surface area contributed by atoms with Crippen molar-refractivity contribution in [3.8, 4) is 19.0 Å². The van der Waals surface area contributed by atoms with E-state index >= 15 is 0 Å². The van der Waals surface area contributed by atoms with Gasteiger partial charge in [-0.2, -0.15) is 5.26 Å². The first-order chi connectivity index (χ1) is 16.9. The molecule has 1 saturated carbocycles. The second kappa shape index (κ2) is 11.9. The van der Waals surface area contributed by atoms with Crippen LogP contribution in [0, 0.1) is 43.1 Å². The lowest BCUT2D eigenvalue weighted by Crippen LogP contribution is -2.42. The maximum atomic E-state index is 12.1. The van der Waals surface area contributed by atoms with Gasteiger partial charge in [0.2, 0.25) is 17.8 Å². The van der Waals surface area contributed by atoms with Gasteiger partial charge in [0.25, 0.3) is 0 Å². The maximum absolute atomic E-state index is 12.1. The number of benzene rings is 1. The molecule has 9 nitrogen and oxygen atoms in total. The van der Waals surface area contributed by atoms with E-state index in [9.17, 15) is 9.59 Å². The number of likely N-dealkylation sites (tertiary alicyclic amines) is 2. The maximum Gasteiger partial charge on any atom is 0.242 e. The van der Waals surface area contributed by atoms with Crippen molar-refractivity contribution in [2.45, 2.75) is 39.0 Å². The number of aryl methyl sites for hydroxylation is 1. The molecular formula is C26H32N6O3. The standard InChI is InChI=1S/C13H20N2O2.C11H10N4O.C2H2/c16-12-4-2-1-3-5-14(12)9-13(17)15-7-10-6-11(10)8-15;1-7-4-8-5-9(2-3-10(8)16-7)15-11(13)14-6-12;1-2/h10-11H,1-9H2;2-5H,1H3,(H3,13,14,15);1-2H. The number of furan rings is 1. The molecule has 0 bridgehead atoms. The molecule has 2 unspecified atom stereocenters. The Morgan fingerprint density at radius 3 is 2.71 bits per heavy atom. The highest BCUT2D eigenvalue weighted by Gasteiger charge is 2.46. The molecule has 35 heavy (non-hydrogen) atoms. The smallest absolute Gasteiger partial charge is 0.242 e. The Balaban J connectivity index is 0.000000183. The summed E-state index contributed by atoms with van der Waals surface area (Å²) >= 11 is 0. The van der Waals surface area contributed by atoms with Crippen molar-refractivity contribution < 1.29 is 14.0 Å². The summed E-state index contributed by atoms with van der Waals surface area (Å²) in [5.41, 5.74) is 6.94. The number of nitriles is 1. The van der Waals surface area contributed by atoms with Crippen molar-refractivity contribution in [3.63, 3.8) is 0 Å². The van der Waals surface area contributed by atoms with Gasteiger partial charge < -0.3 is 20.0 Å². The van der Waals surface area contributed by atoms with E-state index in [0.29, 0.717) is 18.7 Å². The topological polar surface area (TPSA) is 128 Å². The summed E-state index contributed by atoms with van der Waals surface area (Å²) < 4.78 is 5.43. The first kappa shape index (κ1) is 25.6. The Morgan fingerprint density at radius 2 is 2.00 bits per heavy atom. The average molecular weight is 477 g/mol. The van der Waals surface area contributed by atoms with Crippen molar-refractivity contribution in [2.75, 3.05) is 26.2 Å². The van der Waals surface area contributed by atoms with Crippen molar-refractivity contribution in [3.05, 3.63) is 30.0 Å². The number of piperidine rings is 1. The monoisotopic (exact) mass is 476 g/mol. The van der Waals surface area contributed by atoms with Crippen LogP contribution >= 0.6 is 0 Å². The van der Waals surface area contributed by atoms with Gasteiger partial charge in [-0.1, -0.05) is 6.42 Å². The highest BCUT2D eigenvalue weighted by molar-refractivity contribution is 5.86. The third-order valence-corrected chi connectivity index (χ3v) is 6.39. The molecule has 3 N–H and O–H groups in total. The Bertz CT molecular complexity index is 1130. The molecule has 2 atom stereocenters. The van der Waals surface area contributed by atoms with Gasteiger partial charge in [0, 0.05) is 31.4 Å². The third kappa shape index (κ3) is 7.00. The van der Waals surface area contributed by atoms with Gasteiger partial charge in [0.05, 0.1) is 12.2 Å². The van der Waals surface area contributed by atoms with E-state index in [2.05, 4.69) is 23.2 Å². The molecule has 1 aromatic heterocycles. The third-order valence-electron chi connectivity index (χ3n) is 6.39. The summed E-state index contributed by atoms with van der Waals surface area (Å²) in [6.45, 7) is 4.84. The molecule has 3 heterocycles. The number of carbonyl (C=O) groups excluding carboxylic acids is 2. The first-order valence-electron chi connectivity index (χ1n) is 11.8. The van der Waals surface area contributed by atoms with E-state index in [4.69, 9.17) is 15.4 Å². The van der Waals surface area contributed by atoms with E-state index in [1.54, 1.807) is 17.2 Å². The molecule has 184 valence electrons. The summed E-state index contributed by atoms with van der Waals surface area (Å²) in [6, 6.07) is 7.36. The molecule has 0 spiro atoms. The van der Waals surface area contributed by atoms with E-state index in [1.807, 2.05) is 30.0 Å². The lowest BCUT2D eigenvalue weighted by molar-refractivity contribution is -0.139. The molecule has 2 saturated heterocycles. The van der Waals surface area contributed by atoms with Gasteiger partial charge in [0.15, 0.2) is 6.19 Å². The molecule has 9 heteroatoms.